The van der Waals surface area contributed by atoms with Gasteiger partial charge in [0.05, 0.1) is 22.9 Å². The largest absolute Gasteiger partial charge is 0.370 e. The van der Waals surface area contributed by atoms with Gasteiger partial charge < -0.3 is 10.2 Å². The van der Waals surface area contributed by atoms with Crippen molar-refractivity contribution >= 4 is 27.4 Å². The molecule has 2 aromatic carbocycles. The van der Waals surface area contributed by atoms with E-state index in [-0.39, 0.29) is 17.4 Å². The van der Waals surface area contributed by atoms with Crippen LogP contribution in [-0.4, -0.2) is 33.0 Å². The van der Waals surface area contributed by atoms with Crippen LogP contribution in [0.5, 0.6) is 0 Å². The van der Waals surface area contributed by atoms with Gasteiger partial charge in [-0.05, 0) is 56.5 Å². The lowest BCUT2D eigenvalue weighted by Gasteiger charge is -2.40. The van der Waals surface area contributed by atoms with Gasteiger partial charge in [0.15, 0.2) is 0 Å². The molecule has 0 fully saturated rings. The van der Waals surface area contributed by atoms with Crippen LogP contribution in [-0.2, 0) is 25.5 Å². The first-order chi connectivity index (χ1) is 13.2. The fourth-order valence-corrected chi connectivity index (χ4v) is 4.17. The predicted molar refractivity (Wildman–Crippen MR) is 110 cm³/mol. The van der Waals surface area contributed by atoms with E-state index in [1.807, 2.05) is 45.0 Å². The number of nitrogens with zero attached hydrogens (tertiary/aromatic N) is 1. The van der Waals surface area contributed by atoms with Crippen LogP contribution in [0.25, 0.3) is 0 Å². The van der Waals surface area contributed by atoms with E-state index >= 15 is 0 Å². The van der Waals surface area contributed by atoms with E-state index in [1.54, 1.807) is 29.2 Å². The molecule has 1 N–H and O–H groups in total. The number of rotatable bonds is 7. The first-order valence-corrected chi connectivity index (χ1v) is 10.8. The standard InChI is InChI=1S/C21H26N2O4S/c1-4-16-10-12-17(13-11-16)28(25,26)27-15-7-14-23-19-9-6-5-8-18(19)22-21(2,3)20(23)24/h5-6,8-13,22H,4,7,14-15H2,1-3H3. The molecule has 6 nitrogen and oxygen atoms in total. The first-order valence-electron chi connectivity index (χ1n) is 9.42. The Morgan fingerprint density at radius 2 is 1.75 bits per heavy atom. The zero-order valence-corrected chi connectivity index (χ0v) is 17.3. The number of carbonyl (C=O) groups excluding carboxylic acids is 1. The van der Waals surface area contributed by atoms with Gasteiger partial charge in [0, 0.05) is 6.54 Å². The van der Waals surface area contributed by atoms with Gasteiger partial charge in [-0.15, -0.1) is 0 Å². The third-order valence-electron chi connectivity index (χ3n) is 4.81. The Bertz CT molecular complexity index is 953. The first kappa shape index (κ1) is 20.4. The van der Waals surface area contributed by atoms with Crippen molar-refractivity contribution in [3.05, 3.63) is 54.1 Å². The summed E-state index contributed by atoms with van der Waals surface area (Å²) in [7, 11) is -3.80. The molecule has 0 saturated carbocycles. The minimum absolute atomic E-state index is 0.0116. The fourth-order valence-electron chi connectivity index (χ4n) is 3.22. The van der Waals surface area contributed by atoms with E-state index in [0.717, 1.165) is 23.4 Å². The third-order valence-corrected chi connectivity index (χ3v) is 6.13. The molecule has 28 heavy (non-hydrogen) atoms. The van der Waals surface area contributed by atoms with Crippen molar-refractivity contribution in [2.24, 2.45) is 0 Å². The summed E-state index contributed by atoms with van der Waals surface area (Å²) in [6.45, 7) is 6.07. The van der Waals surface area contributed by atoms with Gasteiger partial charge in [0.1, 0.15) is 5.54 Å². The highest BCUT2D eigenvalue weighted by molar-refractivity contribution is 7.86. The number of aryl methyl sites for hydroxylation is 1. The lowest BCUT2D eigenvalue weighted by atomic mass is 9.98. The minimum atomic E-state index is -3.80. The molecule has 0 radical (unpaired) electrons. The molecule has 7 heteroatoms. The third kappa shape index (κ3) is 4.20. The van der Waals surface area contributed by atoms with E-state index in [0.29, 0.717) is 13.0 Å². The molecule has 150 valence electrons. The SMILES string of the molecule is CCc1ccc(S(=O)(=O)OCCCN2C(=O)C(C)(C)Nc3ccccc32)cc1. The summed E-state index contributed by atoms with van der Waals surface area (Å²) < 4.78 is 29.8. The summed E-state index contributed by atoms with van der Waals surface area (Å²) in [5.41, 5.74) is 2.03. The molecular weight excluding hydrogens is 376 g/mol. The lowest BCUT2D eigenvalue weighted by molar-refractivity contribution is -0.122. The van der Waals surface area contributed by atoms with Crippen LogP contribution in [0.3, 0.4) is 0 Å². The molecule has 0 aromatic heterocycles. The average Bonchev–Trinajstić information content (AvgIpc) is 2.67. The van der Waals surface area contributed by atoms with Gasteiger partial charge in [-0.2, -0.15) is 8.42 Å². The molecule has 1 aliphatic heterocycles. The van der Waals surface area contributed by atoms with Crippen LogP contribution < -0.4 is 10.2 Å². The number of carbonyl (C=O) groups is 1. The number of benzene rings is 2. The number of fused-ring (bicyclic) bond motifs is 1. The molecule has 1 heterocycles. The number of amides is 1. The number of nitrogens with one attached hydrogen (secondary N) is 1. The second-order valence-corrected chi connectivity index (χ2v) is 8.97. The summed E-state index contributed by atoms with van der Waals surface area (Å²) in [4.78, 5) is 14.6. The van der Waals surface area contributed by atoms with Crippen molar-refractivity contribution in [3.8, 4) is 0 Å². The topological polar surface area (TPSA) is 75.7 Å². The van der Waals surface area contributed by atoms with Gasteiger partial charge >= 0.3 is 0 Å². The lowest BCUT2D eigenvalue weighted by Crippen LogP contribution is -2.54. The monoisotopic (exact) mass is 402 g/mol. The average molecular weight is 403 g/mol. The van der Waals surface area contributed by atoms with E-state index in [4.69, 9.17) is 4.18 Å². The van der Waals surface area contributed by atoms with Gasteiger partial charge in [-0.3, -0.25) is 8.98 Å². The zero-order chi connectivity index (χ0) is 20.4. The number of hydrogen-bond acceptors (Lipinski definition) is 5. The highest BCUT2D eigenvalue weighted by Crippen LogP contribution is 2.35. The predicted octanol–water partition coefficient (Wildman–Crippen LogP) is 3.58. The van der Waals surface area contributed by atoms with E-state index in [1.165, 1.54) is 0 Å². The van der Waals surface area contributed by atoms with Crippen LogP contribution in [0.2, 0.25) is 0 Å². The molecular formula is C21H26N2O4S. The minimum Gasteiger partial charge on any atom is -0.370 e. The number of anilines is 2. The molecule has 0 spiro atoms. The molecule has 0 unspecified atom stereocenters. The second-order valence-electron chi connectivity index (χ2n) is 7.35. The Labute approximate surface area is 166 Å². The molecule has 0 bridgehead atoms. The normalized spacial score (nSPS) is 15.8. The van der Waals surface area contributed by atoms with Crippen molar-refractivity contribution in [2.45, 2.75) is 44.0 Å². The van der Waals surface area contributed by atoms with Crippen LogP contribution in [0, 0.1) is 0 Å². The fraction of sp³-hybridized carbons (Fsp3) is 0.381. The highest BCUT2D eigenvalue weighted by atomic mass is 32.2. The number of hydrogen-bond donors (Lipinski definition) is 1. The van der Waals surface area contributed by atoms with Crippen molar-refractivity contribution in [1.29, 1.82) is 0 Å². The Morgan fingerprint density at radius 3 is 2.43 bits per heavy atom. The highest BCUT2D eigenvalue weighted by Gasteiger charge is 2.38. The molecule has 0 aliphatic carbocycles. The summed E-state index contributed by atoms with van der Waals surface area (Å²) in [5.74, 6) is -0.0517. The quantitative estimate of drug-likeness (QED) is 0.566. The van der Waals surface area contributed by atoms with Crippen molar-refractivity contribution in [1.82, 2.24) is 0 Å². The summed E-state index contributed by atoms with van der Waals surface area (Å²) in [6, 6.07) is 14.3. The molecule has 0 saturated heterocycles. The van der Waals surface area contributed by atoms with Crippen LogP contribution in [0.15, 0.2) is 53.4 Å². The Morgan fingerprint density at radius 1 is 1.07 bits per heavy atom. The molecule has 0 atom stereocenters. The Balaban J connectivity index is 1.63. The van der Waals surface area contributed by atoms with Crippen molar-refractivity contribution < 1.29 is 17.4 Å². The number of para-hydroxylation sites is 2. The molecule has 1 aliphatic rings. The van der Waals surface area contributed by atoms with E-state index in [2.05, 4.69) is 5.32 Å². The molecule has 2 aromatic rings. The summed E-state index contributed by atoms with van der Waals surface area (Å²) in [6.07, 6.45) is 1.25. The molecule has 3 rings (SSSR count). The maximum atomic E-state index is 12.8. The van der Waals surface area contributed by atoms with Crippen LogP contribution >= 0.6 is 0 Å². The Kier molecular flexibility index (Phi) is 5.76. The smallest absolute Gasteiger partial charge is 0.296 e. The second kappa shape index (κ2) is 7.93. The Hall–Kier alpha value is -2.38. The van der Waals surface area contributed by atoms with Gasteiger partial charge in [-0.25, -0.2) is 0 Å². The van der Waals surface area contributed by atoms with Crippen LogP contribution in [0.4, 0.5) is 11.4 Å². The van der Waals surface area contributed by atoms with Gasteiger partial charge in [0.2, 0.25) is 0 Å². The van der Waals surface area contributed by atoms with E-state index < -0.39 is 15.7 Å². The maximum absolute atomic E-state index is 12.8. The van der Waals surface area contributed by atoms with Crippen LogP contribution in [0.1, 0.15) is 32.8 Å². The summed E-state index contributed by atoms with van der Waals surface area (Å²) >= 11 is 0. The van der Waals surface area contributed by atoms with Crippen molar-refractivity contribution in [3.63, 3.8) is 0 Å². The van der Waals surface area contributed by atoms with Gasteiger partial charge in [-0.1, -0.05) is 31.2 Å². The summed E-state index contributed by atoms with van der Waals surface area (Å²) in [5, 5.41) is 3.24. The molecule has 1 amide bonds. The zero-order valence-electron chi connectivity index (χ0n) is 16.4. The maximum Gasteiger partial charge on any atom is 0.296 e. The van der Waals surface area contributed by atoms with Gasteiger partial charge in [0.25, 0.3) is 16.0 Å². The van der Waals surface area contributed by atoms with E-state index in [9.17, 15) is 13.2 Å². The van der Waals surface area contributed by atoms with Crippen molar-refractivity contribution in [2.75, 3.05) is 23.4 Å².